The summed E-state index contributed by atoms with van der Waals surface area (Å²) in [6.07, 6.45) is 1.79. The van der Waals surface area contributed by atoms with Crippen molar-refractivity contribution < 1.29 is 8.61 Å². The topological polar surface area (TPSA) is 26.3 Å². The van der Waals surface area contributed by atoms with Crippen LogP contribution >= 0.6 is 11.8 Å². The molecule has 0 radical (unpaired) electrons. The summed E-state index contributed by atoms with van der Waals surface area (Å²) in [6, 6.07) is 7.56. The molecule has 4 heteroatoms. The molecular formula is C9H10O2SSe. The Morgan fingerprint density at radius 1 is 1.38 bits per heavy atom. The minimum absolute atomic E-state index is 0.0704. The monoisotopic (exact) mass is 262 g/mol. The molecule has 1 aromatic rings. The van der Waals surface area contributed by atoms with Crippen LogP contribution in [0.3, 0.4) is 0 Å². The molecule has 0 fully saturated rings. The summed E-state index contributed by atoms with van der Waals surface area (Å²) >= 11 is 1.30. The van der Waals surface area contributed by atoms with Gasteiger partial charge in [0.2, 0.25) is 0 Å². The molecule has 0 saturated carbocycles. The number of hydrogen-bond acceptors (Lipinski definition) is 3. The third kappa shape index (κ3) is 3.16. The van der Waals surface area contributed by atoms with Gasteiger partial charge in [-0.25, -0.2) is 0 Å². The van der Waals surface area contributed by atoms with Crippen molar-refractivity contribution in [2.75, 3.05) is 13.4 Å². The molecule has 0 bridgehead atoms. The first-order valence-electron chi connectivity index (χ1n) is 3.67. The van der Waals surface area contributed by atoms with E-state index in [1.165, 1.54) is 11.8 Å². The number of benzene rings is 1. The third-order valence-electron chi connectivity index (χ3n) is 1.45. The van der Waals surface area contributed by atoms with E-state index in [1.54, 1.807) is 13.4 Å². The summed E-state index contributed by atoms with van der Waals surface area (Å²) < 4.78 is 6.17. The Hall–Kier alpha value is -0.281. The summed E-state index contributed by atoms with van der Waals surface area (Å²) in [5.74, 6) is 0. The molecule has 0 spiro atoms. The number of rotatable bonds is 3. The van der Waals surface area contributed by atoms with Gasteiger partial charge in [-0.1, -0.05) is 0 Å². The number of carbonyl (C=O) groups excluding carboxylic acids is 1. The zero-order chi connectivity index (χ0) is 9.68. The van der Waals surface area contributed by atoms with Crippen molar-refractivity contribution in [1.82, 2.24) is 0 Å². The van der Waals surface area contributed by atoms with E-state index in [2.05, 4.69) is 0 Å². The molecule has 0 aliphatic heterocycles. The van der Waals surface area contributed by atoms with Crippen LogP contribution in [-0.2, 0) is 3.82 Å². The van der Waals surface area contributed by atoms with Gasteiger partial charge in [-0.15, -0.1) is 0 Å². The van der Waals surface area contributed by atoms with Gasteiger partial charge >= 0.3 is 88.4 Å². The molecule has 70 valence electrons. The van der Waals surface area contributed by atoms with Gasteiger partial charge in [-0.3, -0.25) is 0 Å². The summed E-state index contributed by atoms with van der Waals surface area (Å²) in [4.78, 5) is 11.2. The third-order valence-corrected chi connectivity index (χ3v) is 3.39. The first-order valence-corrected chi connectivity index (χ1v) is 6.45. The number of thioether (sulfide) groups is 1. The SMILES string of the molecule is CO[Se]c1ccc(C(=O)SC)cc1. The Kier molecular flexibility index (Phi) is 4.53. The van der Waals surface area contributed by atoms with Crippen molar-refractivity contribution in [1.29, 1.82) is 0 Å². The fraction of sp³-hybridized carbons (Fsp3) is 0.222. The molecule has 0 saturated heterocycles. The van der Waals surface area contributed by atoms with E-state index in [0.717, 1.165) is 10.0 Å². The van der Waals surface area contributed by atoms with Gasteiger partial charge in [0.15, 0.2) is 0 Å². The summed E-state index contributed by atoms with van der Waals surface area (Å²) in [6.45, 7) is 0. The van der Waals surface area contributed by atoms with Gasteiger partial charge in [0.25, 0.3) is 0 Å². The van der Waals surface area contributed by atoms with E-state index in [9.17, 15) is 4.79 Å². The van der Waals surface area contributed by atoms with Crippen LogP contribution in [0.5, 0.6) is 0 Å². The van der Waals surface area contributed by atoms with Gasteiger partial charge in [0.05, 0.1) is 0 Å². The van der Waals surface area contributed by atoms with Crippen molar-refractivity contribution in [3.05, 3.63) is 29.8 Å². The van der Waals surface area contributed by atoms with Gasteiger partial charge in [-0.2, -0.15) is 0 Å². The second-order valence-electron chi connectivity index (χ2n) is 2.27. The maximum atomic E-state index is 11.2. The second-order valence-corrected chi connectivity index (χ2v) is 5.08. The van der Waals surface area contributed by atoms with Crippen LogP contribution < -0.4 is 4.46 Å². The molecular weight excluding hydrogens is 251 g/mol. The Morgan fingerprint density at radius 3 is 2.46 bits per heavy atom. The molecule has 0 amide bonds. The van der Waals surface area contributed by atoms with Crippen molar-refractivity contribution in [2.24, 2.45) is 0 Å². The molecule has 0 atom stereocenters. The van der Waals surface area contributed by atoms with Gasteiger partial charge < -0.3 is 0 Å². The van der Waals surface area contributed by atoms with E-state index in [4.69, 9.17) is 3.82 Å². The number of hydrogen-bond donors (Lipinski definition) is 0. The van der Waals surface area contributed by atoms with Crippen molar-refractivity contribution in [3.63, 3.8) is 0 Å². The van der Waals surface area contributed by atoms with E-state index < -0.39 is 0 Å². The molecule has 2 nitrogen and oxygen atoms in total. The van der Waals surface area contributed by atoms with E-state index in [0.29, 0.717) is 0 Å². The van der Waals surface area contributed by atoms with Crippen molar-refractivity contribution >= 4 is 36.6 Å². The summed E-state index contributed by atoms with van der Waals surface area (Å²) in [5, 5.41) is 0.108. The van der Waals surface area contributed by atoms with Gasteiger partial charge in [0, 0.05) is 0 Å². The fourth-order valence-electron chi connectivity index (χ4n) is 0.861. The first kappa shape index (κ1) is 10.8. The zero-order valence-corrected chi connectivity index (χ0v) is 9.97. The first-order chi connectivity index (χ1) is 6.27. The predicted molar refractivity (Wildman–Crippen MR) is 56.7 cm³/mol. The Labute approximate surface area is 88.5 Å². The van der Waals surface area contributed by atoms with Gasteiger partial charge in [-0.05, 0) is 0 Å². The van der Waals surface area contributed by atoms with Crippen LogP contribution in [0.4, 0.5) is 0 Å². The van der Waals surface area contributed by atoms with Crippen LogP contribution in [0.25, 0.3) is 0 Å². The minimum atomic E-state index is 0.0704. The average molecular weight is 261 g/mol. The van der Waals surface area contributed by atoms with Crippen molar-refractivity contribution in [3.8, 4) is 0 Å². The predicted octanol–water partition coefficient (Wildman–Crippen LogP) is 1.08. The molecule has 13 heavy (non-hydrogen) atoms. The Morgan fingerprint density at radius 2 is 2.00 bits per heavy atom. The van der Waals surface area contributed by atoms with Crippen LogP contribution in [-0.4, -0.2) is 33.8 Å². The molecule has 0 aliphatic carbocycles. The molecule has 0 N–H and O–H groups in total. The average Bonchev–Trinajstić information content (AvgIpc) is 2.18. The summed E-state index contributed by atoms with van der Waals surface area (Å²) in [7, 11) is 1.68. The Balaban J connectivity index is 2.75. The van der Waals surface area contributed by atoms with E-state index in [1.807, 2.05) is 24.3 Å². The second kappa shape index (κ2) is 5.45. The number of carbonyl (C=O) groups is 1. The maximum absolute atomic E-state index is 11.2. The quantitative estimate of drug-likeness (QED) is 0.762. The zero-order valence-electron chi connectivity index (χ0n) is 7.44. The van der Waals surface area contributed by atoms with Gasteiger partial charge in [0.1, 0.15) is 0 Å². The molecule has 1 aromatic carbocycles. The van der Waals surface area contributed by atoms with Crippen molar-refractivity contribution in [2.45, 2.75) is 0 Å². The molecule has 0 heterocycles. The van der Waals surface area contributed by atoms with Crippen LogP contribution in [0, 0.1) is 0 Å². The fourth-order valence-corrected chi connectivity index (χ4v) is 2.15. The molecule has 0 aliphatic rings. The molecule has 1 rings (SSSR count). The van der Waals surface area contributed by atoms with Crippen LogP contribution in [0.1, 0.15) is 10.4 Å². The van der Waals surface area contributed by atoms with Crippen LogP contribution in [0.15, 0.2) is 24.3 Å². The normalized spacial score (nSPS) is 10.0. The Bertz CT molecular complexity index is 284. The molecule has 0 unspecified atom stereocenters. The van der Waals surface area contributed by atoms with Crippen LogP contribution in [0.2, 0.25) is 0 Å². The standard InChI is InChI=1S/C9H10O2SSe/c1-11-13-8-5-3-7(4-6-8)9(10)12-2/h3-6H,1-2H3. The van der Waals surface area contributed by atoms with E-state index >= 15 is 0 Å². The van der Waals surface area contributed by atoms with E-state index in [-0.39, 0.29) is 20.4 Å². The molecule has 0 aromatic heterocycles. The summed E-state index contributed by atoms with van der Waals surface area (Å²) in [5.41, 5.74) is 0.753.